The van der Waals surface area contributed by atoms with E-state index in [1.807, 2.05) is 29.9 Å². The summed E-state index contributed by atoms with van der Waals surface area (Å²) >= 11 is 0. The van der Waals surface area contributed by atoms with Crippen molar-refractivity contribution in [1.82, 2.24) is 20.1 Å². The van der Waals surface area contributed by atoms with E-state index in [9.17, 15) is 0 Å². The molecule has 0 bridgehead atoms. The SMILES string of the molecule is Cn1nc(-c2ccccc2)nc1CCC1CCNCC1. The molecule has 0 saturated carbocycles. The molecule has 1 aromatic heterocycles. The van der Waals surface area contributed by atoms with E-state index in [0.29, 0.717) is 0 Å². The maximum absolute atomic E-state index is 4.70. The van der Waals surface area contributed by atoms with Crippen molar-refractivity contribution in [2.75, 3.05) is 13.1 Å². The number of aryl methyl sites for hydroxylation is 2. The van der Waals surface area contributed by atoms with Gasteiger partial charge in [-0.25, -0.2) is 4.98 Å². The lowest BCUT2D eigenvalue weighted by atomic mass is 9.93. The Kier molecular flexibility index (Phi) is 4.11. The first-order valence-corrected chi connectivity index (χ1v) is 7.49. The van der Waals surface area contributed by atoms with Crippen LogP contribution in [0.3, 0.4) is 0 Å². The summed E-state index contributed by atoms with van der Waals surface area (Å²) in [6, 6.07) is 10.2. The van der Waals surface area contributed by atoms with E-state index in [2.05, 4.69) is 22.5 Å². The molecule has 1 saturated heterocycles. The lowest BCUT2D eigenvalue weighted by Gasteiger charge is -2.22. The second-order valence-corrected chi connectivity index (χ2v) is 5.57. The average Bonchev–Trinajstić information content (AvgIpc) is 2.88. The van der Waals surface area contributed by atoms with E-state index in [1.165, 1.54) is 32.4 Å². The van der Waals surface area contributed by atoms with Crippen molar-refractivity contribution in [3.63, 3.8) is 0 Å². The van der Waals surface area contributed by atoms with Gasteiger partial charge in [-0.2, -0.15) is 5.10 Å². The van der Waals surface area contributed by atoms with Gasteiger partial charge in [-0.1, -0.05) is 30.3 Å². The Morgan fingerprint density at radius 3 is 2.70 bits per heavy atom. The fraction of sp³-hybridized carbons (Fsp3) is 0.500. The number of hydrogen-bond acceptors (Lipinski definition) is 3. The monoisotopic (exact) mass is 270 g/mol. The summed E-state index contributed by atoms with van der Waals surface area (Å²) < 4.78 is 1.93. The van der Waals surface area contributed by atoms with Crippen LogP contribution in [0.15, 0.2) is 30.3 Å². The second-order valence-electron chi connectivity index (χ2n) is 5.57. The number of benzene rings is 1. The minimum Gasteiger partial charge on any atom is -0.317 e. The van der Waals surface area contributed by atoms with Gasteiger partial charge in [0.25, 0.3) is 0 Å². The normalized spacial score (nSPS) is 16.4. The molecular weight excluding hydrogens is 248 g/mol. The predicted octanol–water partition coefficient (Wildman–Crippen LogP) is 2.41. The summed E-state index contributed by atoms with van der Waals surface area (Å²) in [7, 11) is 2.00. The second kappa shape index (κ2) is 6.18. The van der Waals surface area contributed by atoms with Gasteiger partial charge in [-0.15, -0.1) is 0 Å². The molecule has 4 heteroatoms. The molecule has 1 aromatic carbocycles. The van der Waals surface area contributed by atoms with Crippen LogP contribution in [0.5, 0.6) is 0 Å². The van der Waals surface area contributed by atoms with Crippen LogP contribution in [0.1, 0.15) is 25.1 Å². The van der Waals surface area contributed by atoms with E-state index >= 15 is 0 Å². The van der Waals surface area contributed by atoms with Crippen LogP contribution in [0.4, 0.5) is 0 Å². The van der Waals surface area contributed by atoms with E-state index in [-0.39, 0.29) is 0 Å². The number of rotatable bonds is 4. The molecule has 4 nitrogen and oxygen atoms in total. The zero-order chi connectivity index (χ0) is 13.8. The van der Waals surface area contributed by atoms with E-state index in [0.717, 1.165) is 29.6 Å². The Balaban J connectivity index is 1.66. The van der Waals surface area contributed by atoms with Gasteiger partial charge in [0.1, 0.15) is 5.82 Å². The highest BCUT2D eigenvalue weighted by molar-refractivity contribution is 5.53. The van der Waals surface area contributed by atoms with Gasteiger partial charge in [-0.3, -0.25) is 4.68 Å². The molecule has 0 radical (unpaired) electrons. The number of nitrogens with one attached hydrogen (secondary N) is 1. The Labute approximate surface area is 120 Å². The minimum absolute atomic E-state index is 0.841. The van der Waals surface area contributed by atoms with Crippen LogP contribution in [-0.4, -0.2) is 27.9 Å². The zero-order valence-corrected chi connectivity index (χ0v) is 12.0. The summed E-state index contributed by atoms with van der Waals surface area (Å²) in [5.74, 6) is 2.78. The van der Waals surface area contributed by atoms with Crippen molar-refractivity contribution in [3.8, 4) is 11.4 Å². The predicted molar refractivity (Wildman–Crippen MR) is 80.4 cm³/mol. The Bertz CT molecular complexity index is 541. The summed E-state index contributed by atoms with van der Waals surface area (Å²) in [5.41, 5.74) is 1.09. The largest absolute Gasteiger partial charge is 0.317 e. The highest BCUT2D eigenvalue weighted by Gasteiger charge is 2.15. The lowest BCUT2D eigenvalue weighted by molar-refractivity contribution is 0.351. The summed E-state index contributed by atoms with van der Waals surface area (Å²) in [6.07, 6.45) is 4.84. The molecule has 106 valence electrons. The van der Waals surface area contributed by atoms with E-state index in [4.69, 9.17) is 4.98 Å². The van der Waals surface area contributed by atoms with Gasteiger partial charge in [-0.05, 0) is 38.3 Å². The van der Waals surface area contributed by atoms with Gasteiger partial charge >= 0.3 is 0 Å². The molecule has 1 fully saturated rings. The van der Waals surface area contributed by atoms with Crippen LogP contribution >= 0.6 is 0 Å². The molecule has 1 N–H and O–H groups in total. The molecule has 20 heavy (non-hydrogen) atoms. The standard InChI is InChI=1S/C16H22N4/c1-20-15(8-7-13-9-11-17-12-10-13)18-16(19-20)14-5-3-2-4-6-14/h2-6,13,17H,7-12H2,1H3. The average molecular weight is 270 g/mol. The maximum Gasteiger partial charge on any atom is 0.181 e. The topological polar surface area (TPSA) is 42.7 Å². The van der Waals surface area contributed by atoms with Crippen LogP contribution in [0.25, 0.3) is 11.4 Å². The van der Waals surface area contributed by atoms with Crippen molar-refractivity contribution in [2.24, 2.45) is 13.0 Å². The van der Waals surface area contributed by atoms with Crippen LogP contribution in [0.2, 0.25) is 0 Å². The van der Waals surface area contributed by atoms with E-state index < -0.39 is 0 Å². The number of hydrogen-bond donors (Lipinski definition) is 1. The van der Waals surface area contributed by atoms with Crippen molar-refractivity contribution in [3.05, 3.63) is 36.2 Å². The highest BCUT2D eigenvalue weighted by Crippen LogP contribution is 2.20. The molecule has 2 aromatic rings. The van der Waals surface area contributed by atoms with Crippen LogP contribution in [0, 0.1) is 5.92 Å². The van der Waals surface area contributed by atoms with Gasteiger partial charge in [0.2, 0.25) is 0 Å². The number of aromatic nitrogens is 3. The van der Waals surface area contributed by atoms with Gasteiger partial charge < -0.3 is 5.32 Å². The summed E-state index contributed by atoms with van der Waals surface area (Å²) in [5, 5.41) is 7.95. The third-order valence-electron chi connectivity index (χ3n) is 4.12. The van der Waals surface area contributed by atoms with Gasteiger partial charge in [0.15, 0.2) is 5.82 Å². The van der Waals surface area contributed by atoms with Crippen molar-refractivity contribution in [2.45, 2.75) is 25.7 Å². The molecule has 0 amide bonds. The molecule has 0 atom stereocenters. The smallest absolute Gasteiger partial charge is 0.181 e. The Morgan fingerprint density at radius 1 is 1.20 bits per heavy atom. The fourth-order valence-electron chi connectivity index (χ4n) is 2.85. The highest BCUT2D eigenvalue weighted by atomic mass is 15.3. The van der Waals surface area contributed by atoms with Crippen LogP contribution in [-0.2, 0) is 13.5 Å². The molecule has 0 aliphatic carbocycles. The summed E-state index contributed by atoms with van der Waals surface area (Å²) in [4.78, 5) is 4.70. The van der Waals surface area contributed by atoms with Crippen molar-refractivity contribution in [1.29, 1.82) is 0 Å². The van der Waals surface area contributed by atoms with Crippen molar-refractivity contribution >= 4 is 0 Å². The molecule has 1 aliphatic heterocycles. The molecule has 1 aliphatic rings. The lowest BCUT2D eigenvalue weighted by Crippen LogP contribution is -2.28. The third kappa shape index (κ3) is 3.07. The fourth-order valence-corrected chi connectivity index (χ4v) is 2.85. The molecule has 0 unspecified atom stereocenters. The van der Waals surface area contributed by atoms with Gasteiger partial charge in [0.05, 0.1) is 0 Å². The quantitative estimate of drug-likeness (QED) is 0.927. The van der Waals surface area contributed by atoms with Crippen LogP contribution < -0.4 is 5.32 Å². The van der Waals surface area contributed by atoms with Gasteiger partial charge in [0, 0.05) is 19.0 Å². The minimum atomic E-state index is 0.841. The first kappa shape index (κ1) is 13.3. The molecular formula is C16H22N4. The first-order valence-electron chi connectivity index (χ1n) is 7.49. The van der Waals surface area contributed by atoms with E-state index in [1.54, 1.807) is 0 Å². The van der Waals surface area contributed by atoms with Crippen molar-refractivity contribution < 1.29 is 0 Å². The molecule has 3 rings (SSSR count). The number of piperidine rings is 1. The zero-order valence-electron chi connectivity index (χ0n) is 12.0. The third-order valence-corrected chi connectivity index (χ3v) is 4.12. The Morgan fingerprint density at radius 2 is 1.95 bits per heavy atom. The molecule has 2 heterocycles. The summed E-state index contributed by atoms with van der Waals surface area (Å²) in [6.45, 7) is 2.33. The molecule has 0 spiro atoms. The Hall–Kier alpha value is -1.68. The first-order chi connectivity index (χ1) is 9.83. The number of nitrogens with zero attached hydrogens (tertiary/aromatic N) is 3. The maximum atomic E-state index is 4.70.